The smallest absolute Gasteiger partial charge is 0.200 e. The quantitative estimate of drug-likeness (QED) is 0.561. The zero-order chi connectivity index (χ0) is 16.2. The Morgan fingerprint density at radius 2 is 1.26 bits per heavy atom. The van der Waals surface area contributed by atoms with Gasteiger partial charge < -0.3 is 0 Å². The van der Waals surface area contributed by atoms with Crippen LogP contribution < -0.4 is 21.7 Å². The van der Waals surface area contributed by atoms with Crippen molar-refractivity contribution >= 4 is 34.5 Å². The van der Waals surface area contributed by atoms with Gasteiger partial charge in [-0.1, -0.05) is 48.0 Å². The number of nitrogens with zero attached hydrogens (tertiary/aromatic N) is 5. The highest BCUT2D eigenvalue weighted by Gasteiger charge is 2.21. The third-order valence-corrected chi connectivity index (χ3v) is 3.47. The number of hydrogen-bond acceptors (Lipinski definition) is 7. The molecule has 1 heterocycles. The lowest BCUT2D eigenvalue weighted by Crippen LogP contribution is -2.32. The molecule has 0 aliphatic heterocycles. The van der Waals surface area contributed by atoms with Gasteiger partial charge in [0.1, 0.15) is 5.69 Å². The van der Waals surface area contributed by atoms with E-state index in [1.165, 1.54) is 10.0 Å². The van der Waals surface area contributed by atoms with Crippen molar-refractivity contribution in [3.05, 3.63) is 65.8 Å². The molecule has 0 atom stereocenters. The Kier molecular flexibility index (Phi) is 4.33. The second kappa shape index (κ2) is 6.57. The maximum absolute atomic E-state index is 6.19. The molecule has 1 aromatic heterocycles. The van der Waals surface area contributed by atoms with Crippen molar-refractivity contribution in [2.45, 2.75) is 0 Å². The van der Waals surface area contributed by atoms with Gasteiger partial charge in [0.05, 0.1) is 11.4 Å². The normalized spacial score (nSPS) is 10.4. The minimum atomic E-state index is 0.104. The van der Waals surface area contributed by atoms with Crippen LogP contribution in [0.5, 0.6) is 0 Å². The average molecular weight is 328 g/mol. The monoisotopic (exact) mass is 327 g/mol. The summed E-state index contributed by atoms with van der Waals surface area (Å²) in [5, 5.41) is 14.2. The standard InChI is InChI=1S/C15H14ClN7/c16-14-13(22(17)11-7-3-1-4-8-11)15(20-21-19-14)23(18)12-9-5-2-6-10-12/h1-10H,17-18H2. The molecule has 3 aromatic rings. The lowest BCUT2D eigenvalue weighted by atomic mass is 10.3. The Morgan fingerprint density at radius 1 is 0.739 bits per heavy atom. The number of benzene rings is 2. The fraction of sp³-hybridized carbons (Fsp3) is 0. The highest BCUT2D eigenvalue weighted by molar-refractivity contribution is 6.32. The second-order valence-corrected chi connectivity index (χ2v) is 5.02. The largest absolute Gasteiger partial charge is 0.273 e. The van der Waals surface area contributed by atoms with Crippen molar-refractivity contribution < 1.29 is 0 Å². The molecule has 0 radical (unpaired) electrons. The molecular weight excluding hydrogens is 314 g/mol. The summed E-state index contributed by atoms with van der Waals surface area (Å²) in [6.45, 7) is 0. The highest BCUT2D eigenvalue weighted by atomic mass is 35.5. The number of anilines is 4. The number of nitrogens with two attached hydrogens (primary N) is 2. The first-order valence-corrected chi connectivity index (χ1v) is 7.15. The minimum absolute atomic E-state index is 0.104. The lowest BCUT2D eigenvalue weighted by molar-refractivity contribution is 0.833. The molecule has 8 heteroatoms. The molecular formula is C15H14ClN7. The first-order valence-electron chi connectivity index (χ1n) is 6.77. The van der Waals surface area contributed by atoms with E-state index in [4.69, 9.17) is 23.3 Å². The Labute approximate surface area is 138 Å². The van der Waals surface area contributed by atoms with Crippen LogP contribution in [-0.2, 0) is 0 Å². The van der Waals surface area contributed by atoms with E-state index in [-0.39, 0.29) is 5.15 Å². The van der Waals surface area contributed by atoms with Crippen molar-refractivity contribution in [2.75, 3.05) is 10.0 Å². The van der Waals surface area contributed by atoms with Gasteiger partial charge in [0.25, 0.3) is 0 Å². The van der Waals surface area contributed by atoms with Crippen molar-refractivity contribution in [2.24, 2.45) is 11.7 Å². The van der Waals surface area contributed by atoms with Gasteiger partial charge in [-0.25, -0.2) is 11.7 Å². The maximum Gasteiger partial charge on any atom is 0.200 e. The Hall–Kier alpha value is -2.74. The molecule has 0 bridgehead atoms. The molecule has 4 N–H and O–H groups in total. The number of halogens is 1. The minimum Gasteiger partial charge on any atom is -0.273 e. The van der Waals surface area contributed by atoms with Crippen molar-refractivity contribution in [3.8, 4) is 0 Å². The molecule has 3 rings (SSSR count). The van der Waals surface area contributed by atoms with Gasteiger partial charge in [0.2, 0.25) is 0 Å². The van der Waals surface area contributed by atoms with Crippen LogP contribution in [-0.4, -0.2) is 15.4 Å². The summed E-state index contributed by atoms with van der Waals surface area (Å²) in [4.78, 5) is 0. The summed E-state index contributed by atoms with van der Waals surface area (Å²) in [5.74, 6) is 12.7. The van der Waals surface area contributed by atoms with Crippen LogP contribution in [0.1, 0.15) is 0 Å². The maximum atomic E-state index is 6.19. The average Bonchev–Trinajstić information content (AvgIpc) is 2.62. The van der Waals surface area contributed by atoms with E-state index >= 15 is 0 Å². The van der Waals surface area contributed by atoms with Crippen LogP contribution in [0.15, 0.2) is 60.7 Å². The van der Waals surface area contributed by atoms with Gasteiger partial charge >= 0.3 is 0 Å². The van der Waals surface area contributed by atoms with E-state index in [9.17, 15) is 0 Å². The Bertz CT molecular complexity index is 782. The van der Waals surface area contributed by atoms with Crippen LogP contribution in [0, 0.1) is 0 Å². The van der Waals surface area contributed by atoms with E-state index in [2.05, 4.69) is 15.4 Å². The van der Waals surface area contributed by atoms with Gasteiger partial charge in [-0.15, -0.1) is 10.2 Å². The Balaban J connectivity index is 2.07. The predicted octanol–water partition coefficient (Wildman–Crippen LogP) is 2.55. The number of para-hydroxylation sites is 2. The van der Waals surface area contributed by atoms with E-state index in [0.717, 1.165) is 0 Å². The predicted molar refractivity (Wildman–Crippen MR) is 90.4 cm³/mol. The molecule has 0 saturated heterocycles. The second-order valence-electron chi connectivity index (χ2n) is 4.66. The van der Waals surface area contributed by atoms with Gasteiger partial charge in [0.15, 0.2) is 11.0 Å². The lowest BCUT2D eigenvalue weighted by Gasteiger charge is -2.25. The third kappa shape index (κ3) is 3.07. The molecule has 2 aromatic carbocycles. The molecule has 0 aliphatic rings. The molecule has 0 unspecified atom stereocenters. The zero-order valence-corrected chi connectivity index (χ0v) is 12.8. The first kappa shape index (κ1) is 15.2. The summed E-state index contributed by atoms with van der Waals surface area (Å²) in [6, 6.07) is 18.6. The van der Waals surface area contributed by atoms with Crippen molar-refractivity contribution in [3.63, 3.8) is 0 Å². The SMILES string of the molecule is NN(c1ccccc1)c1nnnc(Cl)c1N(N)c1ccccc1. The van der Waals surface area contributed by atoms with Crippen LogP contribution in [0.25, 0.3) is 0 Å². The number of rotatable bonds is 4. The number of hydrazine groups is 2. The van der Waals surface area contributed by atoms with Gasteiger partial charge in [0, 0.05) is 0 Å². The molecule has 0 fully saturated rings. The Morgan fingerprint density at radius 3 is 1.83 bits per heavy atom. The van der Waals surface area contributed by atoms with Gasteiger partial charge in [-0.2, -0.15) is 0 Å². The fourth-order valence-corrected chi connectivity index (χ4v) is 2.30. The summed E-state index contributed by atoms with van der Waals surface area (Å²) in [6.07, 6.45) is 0. The molecule has 0 saturated carbocycles. The summed E-state index contributed by atoms with van der Waals surface area (Å²) in [5.41, 5.74) is 1.79. The first-order chi connectivity index (χ1) is 11.2. The van der Waals surface area contributed by atoms with Crippen LogP contribution in [0.3, 0.4) is 0 Å². The van der Waals surface area contributed by atoms with E-state index in [1.54, 1.807) is 0 Å². The topological polar surface area (TPSA) is 97.2 Å². The number of hydrogen-bond donors (Lipinski definition) is 2. The fourth-order valence-electron chi connectivity index (χ4n) is 2.09. The van der Waals surface area contributed by atoms with Crippen LogP contribution >= 0.6 is 11.6 Å². The number of aromatic nitrogens is 3. The molecule has 7 nitrogen and oxygen atoms in total. The van der Waals surface area contributed by atoms with Gasteiger partial charge in [-0.3, -0.25) is 10.0 Å². The van der Waals surface area contributed by atoms with Crippen molar-refractivity contribution in [1.29, 1.82) is 0 Å². The van der Waals surface area contributed by atoms with E-state index in [0.29, 0.717) is 22.9 Å². The highest BCUT2D eigenvalue weighted by Crippen LogP contribution is 2.36. The summed E-state index contributed by atoms with van der Waals surface area (Å²) in [7, 11) is 0. The van der Waals surface area contributed by atoms with E-state index < -0.39 is 0 Å². The van der Waals surface area contributed by atoms with Crippen LogP contribution in [0.4, 0.5) is 22.9 Å². The zero-order valence-electron chi connectivity index (χ0n) is 12.0. The summed E-state index contributed by atoms with van der Waals surface area (Å²) < 4.78 is 0. The van der Waals surface area contributed by atoms with Crippen molar-refractivity contribution in [1.82, 2.24) is 15.4 Å². The van der Waals surface area contributed by atoms with Crippen LogP contribution in [0.2, 0.25) is 5.15 Å². The molecule has 0 aliphatic carbocycles. The van der Waals surface area contributed by atoms with E-state index in [1.807, 2.05) is 60.7 Å². The van der Waals surface area contributed by atoms with Gasteiger partial charge in [-0.05, 0) is 29.5 Å². The molecule has 0 spiro atoms. The third-order valence-electron chi connectivity index (χ3n) is 3.22. The summed E-state index contributed by atoms with van der Waals surface area (Å²) >= 11 is 6.19. The molecule has 0 amide bonds. The molecule has 23 heavy (non-hydrogen) atoms. The molecule has 116 valence electrons.